The minimum absolute atomic E-state index is 0.229. The topological polar surface area (TPSA) is 73.9 Å². The van der Waals surface area contributed by atoms with Gasteiger partial charge in [-0.2, -0.15) is 5.10 Å². The fourth-order valence-electron chi connectivity index (χ4n) is 3.25. The molecule has 25 heavy (non-hydrogen) atoms. The van der Waals surface area contributed by atoms with E-state index in [1.54, 1.807) is 0 Å². The van der Waals surface area contributed by atoms with Crippen LogP contribution in [0.25, 0.3) is 10.9 Å². The highest BCUT2D eigenvalue weighted by Gasteiger charge is 2.16. The van der Waals surface area contributed by atoms with Gasteiger partial charge in [0.25, 0.3) is 5.91 Å². The number of anilines is 1. The lowest BCUT2D eigenvalue weighted by Crippen LogP contribution is -2.24. The Bertz CT molecular complexity index is 863. The second-order valence-electron chi connectivity index (χ2n) is 6.41. The van der Waals surface area contributed by atoms with E-state index in [2.05, 4.69) is 25.4 Å². The Morgan fingerprint density at radius 2 is 2.00 bits per heavy atom. The summed E-state index contributed by atoms with van der Waals surface area (Å²) in [7, 11) is 0. The highest BCUT2D eigenvalue weighted by molar-refractivity contribution is 7.14. The summed E-state index contributed by atoms with van der Waals surface area (Å²) < 4.78 is 0. The zero-order chi connectivity index (χ0) is 17.1. The molecule has 1 fully saturated rings. The molecular formula is C18H21N5OS. The number of benzene rings is 1. The number of aromatic amines is 1. The molecule has 0 spiro atoms. The third-order valence-electron chi connectivity index (χ3n) is 4.54. The predicted octanol–water partition coefficient (Wildman–Crippen LogP) is 3.65. The number of para-hydroxylation sites is 1. The van der Waals surface area contributed by atoms with Crippen LogP contribution in [-0.4, -0.2) is 39.1 Å². The van der Waals surface area contributed by atoms with Gasteiger partial charge < -0.3 is 0 Å². The number of thiazole rings is 1. The number of carbonyl (C=O) groups is 1. The van der Waals surface area contributed by atoms with Crippen LogP contribution in [-0.2, 0) is 6.54 Å². The van der Waals surface area contributed by atoms with Crippen LogP contribution in [0.3, 0.4) is 0 Å². The van der Waals surface area contributed by atoms with Gasteiger partial charge in [0, 0.05) is 17.3 Å². The summed E-state index contributed by atoms with van der Waals surface area (Å²) in [5, 5.41) is 13.4. The van der Waals surface area contributed by atoms with Gasteiger partial charge in [0.05, 0.1) is 11.2 Å². The number of hydrogen-bond donors (Lipinski definition) is 2. The van der Waals surface area contributed by atoms with E-state index in [9.17, 15) is 4.79 Å². The average Bonchev–Trinajstić information content (AvgIpc) is 3.16. The molecule has 1 aliphatic rings. The molecule has 2 aromatic heterocycles. The minimum Gasteiger partial charge on any atom is -0.297 e. The van der Waals surface area contributed by atoms with E-state index in [1.807, 2.05) is 29.6 Å². The molecule has 1 saturated heterocycles. The van der Waals surface area contributed by atoms with Crippen molar-refractivity contribution in [3.63, 3.8) is 0 Å². The molecule has 0 bridgehead atoms. The standard InChI is InChI=1S/C18H21N5OS/c24-17(16-14-7-3-4-8-15(14)21-22-16)20-18-19-13(12-25-18)11-23-9-5-1-2-6-10-23/h3-4,7-8,12H,1-2,5-6,9-11H2,(H,21,22)(H,19,20,24). The second kappa shape index (κ2) is 7.33. The Morgan fingerprint density at radius 3 is 2.84 bits per heavy atom. The monoisotopic (exact) mass is 355 g/mol. The molecule has 4 rings (SSSR count). The minimum atomic E-state index is -0.229. The number of hydrogen-bond acceptors (Lipinski definition) is 5. The molecular weight excluding hydrogens is 334 g/mol. The van der Waals surface area contributed by atoms with Crippen LogP contribution in [0.15, 0.2) is 29.6 Å². The summed E-state index contributed by atoms with van der Waals surface area (Å²) in [6.07, 6.45) is 5.18. The van der Waals surface area contributed by atoms with Crippen LogP contribution in [0, 0.1) is 0 Å². The van der Waals surface area contributed by atoms with E-state index >= 15 is 0 Å². The summed E-state index contributed by atoms with van der Waals surface area (Å²) in [6, 6.07) is 7.61. The normalized spacial score (nSPS) is 16.0. The third-order valence-corrected chi connectivity index (χ3v) is 5.35. The van der Waals surface area contributed by atoms with Crippen LogP contribution in [0.1, 0.15) is 41.9 Å². The molecule has 2 N–H and O–H groups in total. The summed E-state index contributed by atoms with van der Waals surface area (Å²) in [5.41, 5.74) is 2.28. The maximum absolute atomic E-state index is 12.5. The number of likely N-dealkylation sites (tertiary alicyclic amines) is 1. The number of nitrogens with zero attached hydrogens (tertiary/aromatic N) is 3. The van der Waals surface area contributed by atoms with E-state index in [0.717, 1.165) is 36.2 Å². The van der Waals surface area contributed by atoms with Crippen LogP contribution in [0.5, 0.6) is 0 Å². The molecule has 0 radical (unpaired) electrons. The number of amides is 1. The van der Waals surface area contributed by atoms with Crippen molar-refractivity contribution in [2.75, 3.05) is 18.4 Å². The highest BCUT2D eigenvalue weighted by atomic mass is 32.1. The molecule has 7 heteroatoms. The van der Waals surface area contributed by atoms with Crippen molar-refractivity contribution < 1.29 is 4.79 Å². The molecule has 0 unspecified atom stereocenters. The van der Waals surface area contributed by atoms with E-state index in [-0.39, 0.29) is 5.91 Å². The van der Waals surface area contributed by atoms with Crippen molar-refractivity contribution in [3.8, 4) is 0 Å². The van der Waals surface area contributed by atoms with Crippen molar-refractivity contribution in [2.24, 2.45) is 0 Å². The van der Waals surface area contributed by atoms with E-state index < -0.39 is 0 Å². The van der Waals surface area contributed by atoms with Crippen molar-refractivity contribution in [1.82, 2.24) is 20.1 Å². The Morgan fingerprint density at radius 1 is 1.20 bits per heavy atom. The number of fused-ring (bicyclic) bond motifs is 1. The zero-order valence-corrected chi connectivity index (χ0v) is 14.8. The number of aromatic nitrogens is 3. The van der Waals surface area contributed by atoms with Gasteiger partial charge in [-0.1, -0.05) is 31.0 Å². The summed E-state index contributed by atoms with van der Waals surface area (Å²) in [4.78, 5) is 19.5. The Balaban J connectivity index is 1.43. The van der Waals surface area contributed by atoms with Crippen molar-refractivity contribution in [1.29, 1.82) is 0 Å². The van der Waals surface area contributed by atoms with E-state index in [1.165, 1.54) is 37.0 Å². The van der Waals surface area contributed by atoms with Crippen LogP contribution in [0.4, 0.5) is 5.13 Å². The fraction of sp³-hybridized carbons (Fsp3) is 0.389. The van der Waals surface area contributed by atoms with Gasteiger partial charge in [-0.25, -0.2) is 4.98 Å². The van der Waals surface area contributed by atoms with Crippen molar-refractivity contribution >= 4 is 33.3 Å². The number of rotatable bonds is 4. The van der Waals surface area contributed by atoms with Gasteiger partial charge >= 0.3 is 0 Å². The molecule has 1 amide bonds. The van der Waals surface area contributed by atoms with Crippen LogP contribution >= 0.6 is 11.3 Å². The molecule has 3 heterocycles. The third kappa shape index (κ3) is 3.72. The fourth-order valence-corrected chi connectivity index (χ4v) is 3.95. The lowest BCUT2D eigenvalue weighted by Gasteiger charge is -2.17. The SMILES string of the molecule is O=C(Nc1nc(CN2CCCCCC2)cs1)c1n[nH]c2ccccc12. The molecule has 3 aromatic rings. The highest BCUT2D eigenvalue weighted by Crippen LogP contribution is 2.21. The molecule has 6 nitrogen and oxygen atoms in total. The maximum Gasteiger partial charge on any atom is 0.278 e. The van der Waals surface area contributed by atoms with Gasteiger partial charge in [-0.15, -0.1) is 11.3 Å². The van der Waals surface area contributed by atoms with Gasteiger partial charge in [-0.05, 0) is 32.0 Å². The summed E-state index contributed by atoms with van der Waals surface area (Å²) in [6.45, 7) is 3.13. The zero-order valence-electron chi connectivity index (χ0n) is 14.0. The molecule has 0 atom stereocenters. The van der Waals surface area contributed by atoms with Crippen molar-refractivity contribution in [2.45, 2.75) is 32.2 Å². The van der Waals surface area contributed by atoms with E-state index in [4.69, 9.17) is 0 Å². The van der Waals surface area contributed by atoms with Crippen molar-refractivity contribution in [3.05, 3.63) is 41.0 Å². The Hall–Kier alpha value is -2.25. The first kappa shape index (κ1) is 16.2. The van der Waals surface area contributed by atoms with E-state index in [0.29, 0.717) is 10.8 Å². The molecule has 0 saturated carbocycles. The number of nitrogens with one attached hydrogen (secondary N) is 2. The first-order chi connectivity index (χ1) is 12.3. The maximum atomic E-state index is 12.5. The molecule has 130 valence electrons. The quantitative estimate of drug-likeness (QED) is 0.749. The van der Waals surface area contributed by atoms with Crippen LogP contribution in [0.2, 0.25) is 0 Å². The first-order valence-corrected chi connectivity index (χ1v) is 9.59. The Kier molecular flexibility index (Phi) is 4.76. The Labute approximate surface area is 150 Å². The lowest BCUT2D eigenvalue weighted by atomic mass is 10.2. The molecule has 1 aliphatic heterocycles. The van der Waals surface area contributed by atoms with Gasteiger partial charge in [0.2, 0.25) is 0 Å². The molecule has 0 aliphatic carbocycles. The first-order valence-electron chi connectivity index (χ1n) is 8.71. The predicted molar refractivity (Wildman–Crippen MR) is 99.9 cm³/mol. The summed E-state index contributed by atoms with van der Waals surface area (Å²) in [5.74, 6) is -0.229. The number of carbonyl (C=O) groups excluding carboxylic acids is 1. The smallest absolute Gasteiger partial charge is 0.278 e. The average molecular weight is 355 g/mol. The lowest BCUT2D eigenvalue weighted by molar-refractivity contribution is 0.102. The van der Waals surface area contributed by atoms with Crippen LogP contribution < -0.4 is 5.32 Å². The summed E-state index contributed by atoms with van der Waals surface area (Å²) >= 11 is 1.47. The molecule has 1 aromatic carbocycles. The largest absolute Gasteiger partial charge is 0.297 e. The second-order valence-corrected chi connectivity index (χ2v) is 7.26. The van der Waals surface area contributed by atoms with Gasteiger partial charge in [-0.3, -0.25) is 20.1 Å². The number of H-pyrrole nitrogens is 1. The van der Waals surface area contributed by atoms with Gasteiger partial charge in [0.1, 0.15) is 0 Å². The van der Waals surface area contributed by atoms with Gasteiger partial charge in [0.15, 0.2) is 10.8 Å².